The molecule has 0 radical (unpaired) electrons. The van der Waals surface area contributed by atoms with Crippen LogP contribution in [0.2, 0.25) is 5.02 Å². The molecule has 0 saturated heterocycles. The maximum atomic E-state index is 12.7. The normalized spacial score (nSPS) is 11.5. The molecule has 4 nitrogen and oxygen atoms in total. The van der Waals surface area contributed by atoms with E-state index in [0.717, 1.165) is 11.1 Å². The highest BCUT2D eigenvalue weighted by Crippen LogP contribution is 2.26. The SMILES string of the molecule is Cc1cccc(NC(=O)C[C@@H](NC(=O)c2ccccc2)c2ccccc2)c1Cl. The van der Waals surface area contributed by atoms with Gasteiger partial charge in [0, 0.05) is 5.56 Å². The smallest absolute Gasteiger partial charge is 0.251 e. The van der Waals surface area contributed by atoms with Crippen molar-refractivity contribution in [2.75, 3.05) is 5.32 Å². The highest BCUT2D eigenvalue weighted by atomic mass is 35.5. The molecule has 2 amide bonds. The lowest BCUT2D eigenvalue weighted by Crippen LogP contribution is -2.31. The van der Waals surface area contributed by atoms with Gasteiger partial charge in [-0.2, -0.15) is 0 Å². The molecule has 0 spiro atoms. The summed E-state index contributed by atoms with van der Waals surface area (Å²) in [4.78, 5) is 25.3. The van der Waals surface area contributed by atoms with Crippen LogP contribution in [-0.2, 0) is 4.79 Å². The molecule has 3 aromatic rings. The van der Waals surface area contributed by atoms with Gasteiger partial charge in [0.15, 0.2) is 0 Å². The van der Waals surface area contributed by atoms with E-state index >= 15 is 0 Å². The second-order valence-electron chi connectivity index (χ2n) is 6.49. The van der Waals surface area contributed by atoms with Gasteiger partial charge >= 0.3 is 0 Å². The van der Waals surface area contributed by atoms with E-state index in [0.29, 0.717) is 16.3 Å². The lowest BCUT2D eigenvalue weighted by molar-refractivity contribution is -0.116. The summed E-state index contributed by atoms with van der Waals surface area (Å²) in [6.07, 6.45) is 0.0901. The largest absolute Gasteiger partial charge is 0.345 e. The molecule has 0 saturated carbocycles. The Morgan fingerprint density at radius 1 is 0.893 bits per heavy atom. The number of carbonyl (C=O) groups is 2. The number of carbonyl (C=O) groups excluding carboxylic acids is 2. The minimum absolute atomic E-state index is 0.0901. The van der Waals surface area contributed by atoms with E-state index in [4.69, 9.17) is 11.6 Å². The van der Waals surface area contributed by atoms with Crippen molar-refractivity contribution in [2.45, 2.75) is 19.4 Å². The monoisotopic (exact) mass is 392 g/mol. The summed E-state index contributed by atoms with van der Waals surface area (Å²) in [5, 5.41) is 6.32. The van der Waals surface area contributed by atoms with E-state index in [1.807, 2.05) is 55.5 Å². The predicted molar refractivity (Wildman–Crippen MR) is 113 cm³/mol. The number of halogens is 1. The first-order valence-corrected chi connectivity index (χ1v) is 9.38. The standard InChI is InChI=1S/C23H21ClN2O2/c1-16-9-8-14-19(22(16)24)25-21(27)15-20(17-10-4-2-5-11-17)26-23(28)18-12-6-3-7-13-18/h2-14,20H,15H2,1H3,(H,25,27)(H,26,28)/t20-/m1/s1. The van der Waals surface area contributed by atoms with Crippen LogP contribution in [0.1, 0.15) is 33.9 Å². The molecule has 2 N–H and O–H groups in total. The molecule has 0 aliphatic carbocycles. The number of benzene rings is 3. The molecule has 0 aromatic heterocycles. The van der Waals surface area contributed by atoms with Gasteiger partial charge < -0.3 is 10.6 Å². The van der Waals surface area contributed by atoms with Crippen LogP contribution in [0.15, 0.2) is 78.9 Å². The van der Waals surface area contributed by atoms with E-state index in [-0.39, 0.29) is 18.2 Å². The van der Waals surface area contributed by atoms with Gasteiger partial charge in [0.25, 0.3) is 5.91 Å². The summed E-state index contributed by atoms with van der Waals surface area (Å²) < 4.78 is 0. The fourth-order valence-corrected chi connectivity index (χ4v) is 3.07. The third-order valence-electron chi connectivity index (χ3n) is 4.40. The van der Waals surface area contributed by atoms with E-state index in [1.165, 1.54) is 0 Å². The van der Waals surface area contributed by atoms with Crippen molar-refractivity contribution in [3.8, 4) is 0 Å². The Morgan fingerprint density at radius 3 is 2.21 bits per heavy atom. The van der Waals surface area contributed by atoms with Gasteiger partial charge in [0.1, 0.15) is 0 Å². The van der Waals surface area contributed by atoms with Crippen LogP contribution in [0.3, 0.4) is 0 Å². The third kappa shape index (κ3) is 4.99. The molecule has 142 valence electrons. The number of nitrogens with one attached hydrogen (secondary N) is 2. The molecule has 0 heterocycles. The van der Waals surface area contributed by atoms with Crippen molar-refractivity contribution in [3.63, 3.8) is 0 Å². The fraction of sp³-hybridized carbons (Fsp3) is 0.130. The number of aryl methyl sites for hydroxylation is 1. The van der Waals surface area contributed by atoms with Gasteiger partial charge in [-0.3, -0.25) is 9.59 Å². The van der Waals surface area contributed by atoms with Crippen molar-refractivity contribution in [3.05, 3.63) is 101 Å². The highest BCUT2D eigenvalue weighted by molar-refractivity contribution is 6.34. The molecule has 0 aliphatic rings. The molecule has 0 aliphatic heterocycles. The van der Waals surface area contributed by atoms with E-state index in [2.05, 4.69) is 10.6 Å². The second kappa shape index (κ2) is 9.20. The summed E-state index contributed by atoms with van der Waals surface area (Å²) >= 11 is 6.27. The zero-order valence-electron chi connectivity index (χ0n) is 15.5. The molecular formula is C23H21ClN2O2. The quantitative estimate of drug-likeness (QED) is 0.609. The number of hydrogen-bond donors (Lipinski definition) is 2. The summed E-state index contributed by atoms with van der Waals surface area (Å²) in [7, 11) is 0. The van der Waals surface area contributed by atoms with E-state index < -0.39 is 6.04 Å². The summed E-state index contributed by atoms with van der Waals surface area (Å²) in [6.45, 7) is 1.88. The average molecular weight is 393 g/mol. The lowest BCUT2D eigenvalue weighted by Gasteiger charge is -2.19. The van der Waals surface area contributed by atoms with Crippen molar-refractivity contribution in [2.24, 2.45) is 0 Å². The molecule has 5 heteroatoms. The van der Waals surface area contributed by atoms with Gasteiger partial charge in [0.05, 0.1) is 23.2 Å². The summed E-state index contributed by atoms with van der Waals surface area (Å²) in [5.41, 5.74) is 2.85. The van der Waals surface area contributed by atoms with Gasteiger partial charge in [-0.05, 0) is 36.2 Å². The van der Waals surface area contributed by atoms with E-state index in [1.54, 1.807) is 30.3 Å². The van der Waals surface area contributed by atoms with Crippen LogP contribution < -0.4 is 10.6 Å². The number of hydrogen-bond acceptors (Lipinski definition) is 2. The molecule has 0 fully saturated rings. The first-order chi connectivity index (χ1) is 13.5. The minimum Gasteiger partial charge on any atom is -0.345 e. The Labute approximate surface area is 169 Å². The minimum atomic E-state index is -0.461. The highest BCUT2D eigenvalue weighted by Gasteiger charge is 2.20. The molecular weight excluding hydrogens is 372 g/mol. The zero-order valence-corrected chi connectivity index (χ0v) is 16.2. The Balaban J connectivity index is 1.76. The average Bonchev–Trinajstić information content (AvgIpc) is 2.72. The Kier molecular flexibility index (Phi) is 6.45. The van der Waals surface area contributed by atoms with Crippen LogP contribution >= 0.6 is 11.6 Å². The second-order valence-corrected chi connectivity index (χ2v) is 6.87. The van der Waals surface area contributed by atoms with Crippen molar-refractivity contribution >= 4 is 29.1 Å². The number of anilines is 1. The molecule has 3 rings (SSSR count). The molecule has 0 unspecified atom stereocenters. The molecule has 28 heavy (non-hydrogen) atoms. The summed E-state index contributed by atoms with van der Waals surface area (Å²) in [5.74, 6) is -0.453. The Morgan fingerprint density at radius 2 is 1.54 bits per heavy atom. The number of rotatable bonds is 6. The zero-order chi connectivity index (χ0) is 19.9. The van der Waals surface area contributed by atoms with E-state index in [9.17, 15) is 9.59 Å². The van der Waals surface area contributed by atoms with Crippen LogP contribution in [0.25, 0.3) is 0 Å². The lowest BCUT2D eigenvalue weighted by atomic mass is 10.0. The predicted octanol–water partition coefficient (Wildman–Crippen LogP) is 5.15. The van der Waals surface area contributed by atoms with Crippen LogP contribution in [0.5, 0.6) is 0 Å². The number of amides is 2. The maximum Gasteiger partial charge on any atom is 0.251 e. The van der Waals surface area contributed by atoms with Crippen LogP contribution in [0.4, 0.5) is 5.69 Å². The molecule has 1 atom stereocenters. The van der Waals surface area contributed by atoms with Crippen LogP contribution in [-0.4, -0.2) is 11.8 Å². The first-order valence-electron chi connectivity index (χ1n) is 9.00. The van der Waals surface area contributed by atoms with Crippen molar-refractivity contribution in [1.29, 1.82) is 0 Å². The van der Waals surface area contributed by atoms with Gasteiger partial charge in [-0.1, -0.05) is 72.3 Å². The Bertz CT molecular complexity index is 959. The first kappa shape index (κ1) is 19.6. The molecule has 0 bridgehead atoms. The maximum absolute atomic E-state index is 12.7. The summed E-state index contributed by atoms with van der Waals surface area (Å²) in [6, 6.07) is 23.4. The van der Waals surface area contributed by atoms with Crippen LogP contribution in [0, 0.1) is 6.92 Å². The van der Waals surface area contributed by atoms with Gasteiger partial charge in [-0.25, -0.2) is 0 Å². The van der Waals surface area contributed by atoms with Crippen molar-refractivity contribution < 1.29 is 9.59 Å². The van der Waals surface area contributed by atoms with Gasteiger partial charge in [0.2, 0.25) is 5.91 Å². The van der Waals surface area contributed by atoms with Gasteiger partial charge in [-0.15, -0.1) is 0 Å². The Hall–Kier alpha value is -3.11. The fourth-order valence-electron chi connectivity index (χ4n) is 2.90. The topological polar surface area (TPSA) is 58.2 Å². The van der Waals surface area contributed by atoms with Crippen molar-refractivity contribution in [1.82, 2.24) is 5.32 Å². The molecule has 3 aromatic carbocycles. The third-order valence-corrected chi connectivity index (χ3v) is 4.90.